The first-order chi connectivity index (χ1) is 9.76. The fourth-order valence-corrected chi connectivity index (χ4v) is 2.81. The Bertz CT molecular complexity index is 393. The summed E-state index contributed by atoms with van der Waals surface area (Å²) >= 11 is 0. The molecule has 1 N–H and O–H groups in total. The average Bonchev–Trinajstić information content (AvgIpc) is 2.88. The fourth-order valence-electron chi connectivity index (χ4n) is 2.81. The number of rotatable bonds is 7. The van der Waals surface area contributed by atoms with Crippen molar-refractivity contribution in [3.05, 3.63) is 18.0 Å². The Morgan fingerprint density at radius 2 is 2.25 bits per heavy atom. The van der Waals surface area contributed by atoms with Gasteiger partial charge in [0.25, 0.3) is 0 Å². The molecule has 1 aliphatic rings. The van der Waals surface area contributed by atoms with Crippen LogP contribution in [0.1, 0.15) is 38.3 Å². The van der Waals surface area contributed by atoms with Crippen LogP contribution < -0.4 is 5.32 Å². The van der Waals surface area contributed by atoms with Crippen molar-refractivity contribution in [2.45, 2.75) is 45.4 Å². The average molecular weight is 280 g/mol. The molecule has 0 radical (unpaired) electrons. The maximum absolute atomic E-state index is 5.99. The highest BCUT2D eigenvalue weighted by Crippen LogP contribution is 2.27. The molecule has 0 amide bonds. The summed E-state index contributed by atoms with van der Waals surface area (Å²) in [5, 5.41) is 7.94. The third kappa shape index (κ3) is 3.81. The summed E-state index contributed by atoms with van der Waals surface area (Å²) in [6.45, 7) is 9.09. The number of likely N-dealkylation sites (N-methyl/N-ethyl adjacent to an activating group) is 1. The fraction of sp³-hybridized carbons (Fsp3) is 0.800. The lowest BCUT2D eigenvalue weighted by Crippen LogP contribution is -2.47. The quantitative estimate of drug-likeness (QED) is 0.772. The first kappa shape index (κ1) is 15.5. The first-order valence-corrected chi connectivity index (χ1v) is 7.81. The van der Waals surface area contributed by atoms with Gasteiger partial charge in [-0.25, -0.2) is 0 Å². The van der Waals surface area contributed by atoms with Gasteiger partial charge in [0.15, 0.2) is 0 Å². The van der Waals surface area contributed by atoms with Gasteiger partial charge in [-0.3, -0.25) is 9.58 Å². The van der Waals surface area contributed by atoms with Crippen molar-refractivity contribution < 1.29 is 4.74 Å². The van der Waals surface area contributed by atoms with Crippen LogP contribution in [0.4, 0.5) is 0 Å². The Balaban J connectivity index is 2.05. The van der Waals surface area contributed by atoms with E-state index in [1.165, 1.54) is 5.56 Å². The van der Waals surface area contributed by atoms with E-state index in [0.29, 0.717) is 6.04 Å². The Labute approximate surface area is 122 Å². The number of nitrogens with one attached hydrogen (secondary N) is 1. The van der Waals surface area contributed by atoms with Crippen LogP contribution in [0.15, 0.2) is 12.4 Å². The minimum Gasteiger partial charge on any atom is -0.374 e. The van der Waals surface area contributed by atoms with Gasteiger partial charge >= 0.3 is 0 Å². The number of ether oxygens (including phenoxy) is 1. The third-order valence-corrected chi connectivity index (χ3v) is 3.82. The van der Waals surface area contributed by atoms with Crippen LogP contribution in [0.3, 0.4) is 0 Å². The van der Waals surface area contributed by atoms with Gasteiger partial charge in [0, 0.05) is 31.4 Å². The summed E-state index contributed by atoms with van der Waals surface area (Å²) in [5.41, 5.74) is 1.27. The number of aryl methyl sites for hydroxylation is 1. The summed E-state index contributed by atoms with van der Waals surface area (Å²) in [7, 11) is 2.18. The van der Waals surface area contributed by atoms with E-state index in [0.717, 1.165) is 45.6 Å². The normalized spacial score (nSPS) is 24.1. The number of hydrogen-bond donors (Lipinski definition) is 1. The second-order valence-electron chi connectivity index (χ2n) is 5.58. The second-order valence-corrected chi connectivity index (χ2v) is 5.58. The van der Waals surface area contributed by atoms with E-state index in [1.54, 1.807) is 0 Å². The minimum atomic E-state index is 0.208. The van der Waals surface area contributed by atoms with Crippen LogP contribution in [0.2, 0.25) is 0 Å². The second kappa shape index (κ2) is 7.76. The molecule has 1 aliphatic heterocycles. The van der Waals surface area contributed by atoms with Gasteiger partial charge in [0.05, 0.1) is 24.9 Å². The first-order valence-electron chi connectivity index (χ1n) is 7.81. The van der Waals surface area contributed by atoms with E-state index in [-0.39, 0.29) is 6.10 Å². The van der Waals surface area contributed by atoms with Gasteiger partial charge < -0.3 is 10.1 Å². The van der Waals surface area contributed by atoms with Crippen molar-refractivity contribution in [2.75, 3.05) is 33.3 Å². The predicted molar refractivity (Wildman–Crippen MR) is 80.8 cm³/mol. The molecule has 2 atom stereocenters. The van der Waals surface area contributed by atoms with Gasteiger partial charge in [-0.05, 0) is 26.4 Å². The molecule has 1 fully saturated rings. The summed E-state index contributed by atoms with van der Waals surface area (Å²) in [6, 6.07) is 0.304. The number of nitrogens with zero attached hydrogens (tertiary/aromatic N) is 3. The molecule has 20 heavy (non-hydrogen) atoms. The lowest BCUT2D eigenvalue weighted by Gasteiger charge is -2.38. The van der Waals surface area contributed by atoms with E-state index < -0.39 is 0 Å². The monoisotopic (exact) mass is 280 g/mol. The predicted octanol–water partition coefficient (Wildman–Crippen LogP) is 1.66. The van der Waals surface area contributed by atoms with Crippen molar-refractivity contribution >= 4 is 0 Å². The molecule has 5 nitrogen and oxygen atoms in total. The zero-order chi connectivity index (χ0) is 14.4. The molecule has 2 rings (SSSR count). The van der Waals surface area contributed by atoms with Gasteiger partial charge in [-0.2, -0.15) is 5.10 Å². The standard InChI is InChI=1S/C15H28N4O/c1-4-6-16-11-14-15(18(3)8-9-20-14)13-10-17-19(12-13)7-5-2/h10,12,14-16H,4-9,11H2,1-3H3. The van der Waals surface area contributed by atoms with Crippen LogP contribution in [-0.2, 0) is 11.3 Å². The van der Waals surface area contributed by atoms with Crippen LogP contribution in [-0.4, -0.2) is 54.1 Å². The Kier molecular flexibility index (Phi) is 6.01. The van der Waals surface area contributed by atoms with Crippen LogP contribution in [0.5, 0.6) is 0 Å². The molecule has 2 unspecified atom stereocenters. The zero-order valence-electron chi connectivity index (χ0n) is 13.0. The van der Waals surface area contributed by atoms with E-state index >= 15 is 0 Å². The topological polar surface area (TPSA) is 42.3 Å². The molecule has 1 saturated heterocycles. The van der Waals surface area contributed by atoms with E-state index in [1.807, 2.05) is 10.9 Å². The molecule has 1 aromatic heterocycles. The molecule has 1 aromatic rings. The molecule has 0 saturated carbocycles. The molecular formula is C15H28N4O. The Morgan fingerprint density at radius 3 is 3.00 bits per heavy atom. The van der Waals surface area contributed by atoms with Crippen LogP contribution in [0.25, 0.3) is 0 Å². The summed E-state index contributed by atoms with van der Waals surface area (Å²) in [4.78, 5) is 2.38. The van der Waals surface area contributed by atoms with Crippen LogP contribution >= 0.6 is 0 Å². The van der Waals surface area contributed by atoms with Crippen LogP contribution in [0, 0.1) is 0 Å². The highest BCUT2D eigenvalue weighted by molar-refractivity contribution is 5.14. The Hall–Kier alpha value is -0.910. The van der Waals surface area contributed by atoms with E-state index in [9.17, 15) is 0 Å². The largest absolute Gasteiger partial charge is 0.374 e. The lowest BCUT2D eigenvalue weighted by atomic mass is 10.0. The number of aromatic nitrogens is 2. The smallest absolute Gasteiger partial charge is 0.0897 e. The zero-order valence-corrected chi connectivity index (χ0v) is 13.0. The highest BCUT2D eigenvalue weighted by Gasteiger charge is 2.32. The molecular weight excluding hydrogens is 252 g/mol. The van der Waals surface area contributed by atoms with Gasteiger partial charge in [-0.15, -0.1) is 0 Å². The Morgan fingerprint density at radius 1 is 1.40 bits per heavy atom. The highest BCUT2D eigenvalue weighted by atomic mass is 16.5. The maximum atomic E-state index is 5.99. The summed E-state index contributed by atoms with van der Waals surface area (Å²) in [6.07, 6.45) is 6.64. The van der Waals surface area contributed by atoms with Gasteiger partial charge in [-0.1, -0.05) is 13.8 Å². The number of morpholine rings is 1. The molecule has 0 spiro atoms. The molecule has 114 valence electrons. The lowest BCUT2D eigenvalue weighted by molar-refractivity contribution is -0.0613. The molecule has 0 aliphatic carbocycles. The third-order valence-electron chi connectivity index (χ3n) is 3.82. The van der Waals surface area contributed by atoms with Gasteiger partial charge in [0.1, 0.15) is 0 Å². The molecule has 2 heterocycles. The number of hydrogen-bond acceptors (Lipinski definition) is 4. The van der Waals surface area contributed by atoms with Crippen molar-refractivity contribution in [3.63, 3.8) is 0 Å². The van der Waals surface area contributed by atoms with Crippen molar-refractivity contribution in [2.24, 2.45) is 0 Å². The molecule has 0 aromatic carbocycles. The van der Waals surface area contributed by atoms with E-state index in [2.05, 4.69) is 42.4 Å². The SMILES string of the molecule is CCCNCC1OCCN(C)C1c1cnn(CCC)c1. The maximum Gasteiger partial charge on any atom is 0.0897 e. The van der Waals surface area contributed by atoms with Gasteiger partial charge in [0.2, 0.25) is 0 Å². The summed E-state index contributed by atoms with van der Waals surface area (Å²) < 4.78 is 8.03. The van der Waals surface area contributed by atoms with Crippen molar-refractivity contribution in [1.82, 2.24) is 20.0 Å². The summed E-state index contributed by atoms with van der Waals surface area (Å²) in [5.74, 6) is 0. The minimum absolute atomic E-state index is 0.208. The van der Waals surface area contributed by atoms with Crippen molar-refractivity contribution in [1.29, 1.82) is 0 Å². The molecule has 0 bridgehead atoms. The van der Waals surface area contributed by atoms with E-state index in [4.69, 9.17) is 4.74 Å². The molecule has 5 heteroatoms. The van der Waals surface area contributed by atoms with Crippen molar-refractivity contribution in [3.8, 4) is 0 Å².